The molecule has 3 rings (SSSR count). The van der Waals surface area contributed by atoms with Crippen LogP contribution >= 0.6 is 0 Å². The molecule has 0 atom stereocenters. The zero-order valence-corrected chi connectivity index (χ0v) is 12.9. The molecular weight excluding hydrogens is 278 g/mol. The quantitative estimate of drug-likeness (QED) is 0.787. The fourth-order valence-corrected chi connectivity index (χ4v) is 2.85. The number of hydrogen-bond acceptors (Lipinski definition) is 3. The standard InChI is InChI=1S/C18H23NO3/c20-18(19-10-3-1-2-4-11-19)9-7-15-6-8-16-17(14-15)22-13-5-12-21-16/h6-9,14H,1-5,10-13H2. The first kappa shape index (κ1) is 14.9. The third-order valence-corrected chi connectivity index (χ3v) is 4.11. The summed E-state index contributed by atoms with van der Waals surface area (Å²) >= 11 is 0. The van der Waals surface area contributed by atoms with E-state index in [4.69, 9.17) is 9.47 Å². The number of nitrogens with zero attached hydrogens (tertiary/aromatic N) is 1. The van der Waals surface area contributed by atoms with Crippen molar-refractivity contribution in [2.45, 2.75) is 32.1 Å². The molecule has 0 radical (unpaired) electrons. The van der Waals surface area contributed by atoms with Gasteiger partial charge in [-0.2, -0.15) is 0 Å². The van der Waals surface area contributed by atoms with Gasteiger partial charge in [-0.3, -0.25) is 4.79 Å². The van der Waals surface area contributed by atoms with Crippen LogP contribution in [-0.2, 0) is 4.79 Å². The van der Waals surface area contributed by atoms with Crippen molar-refractivity contribution in [1.82, 2.24) is 4.90 Å². The molecule has 0 bridgehead atoms. The van der Waals surface area contributed by atoms with Crippen molar-refractivity contribution in [3.8, 4) is 11.5 Å². The Balaban J connectivity index is 1.66. The molecule has 2 aliphatic rings. The molecule has 1 aromatic rings. The molecule has 0 aromatic heterocycles. The third kappa shape index (κ3) is 3.81. The molecule has 2 heterocycles. The van der Waals surface area contributed by atoms with Gasteiger partial charge in [-0.15, -0.1) is 0 Å². The summed E-state index contributed by atoms with van der Waals surface area (Å²) in [5.74, 6) is 1.66. The average Bonchev–Trinajstić information content (AvgIpc) is 2.94. The maximum atomic E-state index is 12.3. The topological polar surface area (TPSA) is 38.8 Å². The molecule has 1 aromatic carbocycles. The Bertz CT molecular complexity index is 545. The number of likely N-dealkylation sites (tertiary alicyclic amines) is 1. The van der Waals surface area contributed by atoms with Crippen LogP contribution in [0.2, 0.25) is 0 Å². The monoisotopic (exact) mass is 301 g/mol. The highest BCUT2D eigenvalue weighted by Gasteiger charge is 2.13. The van der Waals surface area contributed by atoms with E-state index in [1.165, 1.54) is 12.8 Å². The minimum absolute atomic E-state index is 0.106. The highest BCUT2D eigenvalue weighted by Crippen LogP contribution is 2.30. The summed E-state index contributed by atoms with van der Waals surface area (Å²) in [5.41, 5.74) is 0.965. The predicted molar refractivity (Wildman–Crippen MR) is 86.1 cm³/mol. The predicted octanol–water partition coefficient (Wildman–Crippen LogP) is 3.26. The first-order valence-electron chi connectivity index (χ1n) is 8.19. The Morgan fingerprint density at radius 1 is 0.955 bits per heavy atom. The van der Waals surface area contributed by atoms with Gasteiger partial charge in [0.25, 0.3) is 0 Å². The second-order valence-electron chi connectivity index (χ2n) is 5.83. The van der Waals surface area contributed by atoms with E-state index in [0.29, 0.717) is 13.2 Å². The van der Waals surface area contributed by atoms with Crippen LogP contribution in [-0.4, -0.2) is 37.1 Å². The minimum Gasteiger partial charge on any atom is -0.490 e. The number of carbonyl (C=O) groups excluding carboxylic acids is 1. The lowest BCUT2D eigenvalue weighted by Crippen LogP contribution is -2.30. The Labute approximate surface area is 131 Å². The number of carbonyl (C=O) groups is 1. The normalized spacial score (nSPS) is 18.8. The molecule has 118 valence electrons. The first-order chi connectivity index (χ1) is 10.8. The summed E-state index contributed by atoms with van der Waals surface area (Å²) in [5, 5.41) is 0. The lowest BCUT2D eigenvalue weighted by Gasteiger charge is -2.18. The zero-order valence-electron chi connectivity index (χ0n) is 12.9. The van der Waals surface area contributed by atoms with Gasteiger partial charge in [0, 0.05) is 25.6 Å². The SMILES string of the molecule is O=C(C=Cc1ccc2c(c1)OCCCO2)N1CCCCCC1. The van der Waals surface area contributed by atoms with E-state index in [0.717, 1.165) is 49.4 Å². The number of fused-ring (bicyclic) bond motifs is 1. The van der Waals surface area contributed by atoms with E-state index in [9.17, 15) is 4.79 Å². The van der Waals surface area contributed by atoms with Crippen molar-refractivity contribution in [3.05, 3.63) is 29.8 Å². The lowest BCUT2D eigenvalue weighted by molar-refractivity contribution is -0.125. The fourth-order valence-electron chi connectivity index (χ4n) is 2.85. The summed E-state index contributed by atoms with van der Waals surface area (Å²) in [7, 11) is 0. The largest absolute Gasteiger partial charge is 0.490 e. The van der Waals surface area contributed by atoms with Crippen LogP contribution in [0.4, 0.5) is 0 Å². The number of amides is 1. The molecule has 0 aliphatic carbocycles. The molecule has 1 amide bonds. The van der Waals surface area contributed by atoms with Gasteiger partial charge in [0.2, 0.25) is 5.91 Å². The number of ether oxygens (including phenoxy) is 2. The lowest BCUT2D eigenvalue weighted by atomic mass is 10.2. The van der Waals surface area contributed by atoms with Crippen LogP contribution in [0.15, 0.2) is 24.3 Å². The van der Waals surface area contributed by atoms with E-state index in [1.807, 2.05) is 29.2 Å². The highest BCUT2D eigenvalue weighted by molar-refractivity contribution is 5.91. The van der Waals surface area contributed by atoms with Crippen molar-refractivity contribution in [2.24, 2.45) is 0 Å². The van der Waals surface area contributed by atoms with Gasteiger partial charge < -0.3 is 14.4 Å². The summed E-state index contributed by atoms with van der Waals surface area (Å²) in [6, 6.07) is 5.81. The van der Waals surface area contributed by atoms with Crippen molar-refractivity contribution < 1.29 is 14.3 Å². The minimum atomic E-state index is 0.106. The molecule has 1 fully saturated rings. The Morgan fingerprint density at radius 3 is 2.45 bits per heavy atom. The first-order valence-corrected chi connectivity index (χ1v) is 8.19. The van der Waals surface area contributed by atoms with Crippen molar-refractivity contribution in [2.75, 3.05) is 26.3 Å². The van der Waals surface area contributed by atoms with Gasteiger partial charge in [0.15, 0.2) is 11.5 Å². The molecule has 4 heteroatoms. The maximum Gasteiger partial charge on any atom is 0.246 e. The highest BCUT2D eigenvalue weighted by atomic mass is 16.5. The van der Waals surface area contributed by atoms with Gasteiger partial charge in [-0.25, -0.2) is 0 Å². The van der Waals surface area contributed by atoms with E-state index in [1.54, 1.807) is 6.08 Å². The van der Waals surface area contributed by atoms with Crippen LogP contribution in [0.3, 0.4) is 0 Å². The number of hydrogen-bond donors (Lipinski definition) is 0. The summed E-state index contributed by atoms with van der Waals surface area (Å²) < 4.78 is 11.3. The third-order valence-electron chi connectivity index (χ3n) is 4.11. The number of benzene rings is 1. The van der Waals surface area contributed by atoms with Gasteiger partial charge in [-0.05, 0) is 36.6 Å². The molecule has 0 spiro atoms. The zero-order chi connectivity index (χ0) is 15.2. The summed E-state index contributed by atoms with van der Waals surface area (Å²) in [6.45, 7) is 3.12. The number of rotatable bonds is 2. The second-order valence-corrected chi connectivity index (χ2v) is 5.83. The van der Waals surface area contributed by atoms with Crippen LogP contribution in [0.25, 0.3) is 6.08 Å². The molecule has 0 saturated carbocycles. The smallest absolute Gasteiger partial charge is 0.246 e. The second kappa shape index (κ2) is 7.34. The van der Waals surface area contributed by atoms with Crippen LogP contribution in [0.5, 0.6) is 11.5 Å². The van der Waals surface area contributed by atoms with E-state index in [-0.39, 0.29) is 5.91 Å². The van der Waals surface area contributed by atoms with Gasteiger partial charge in [-0.1, -0.05) is 18.9 Å². The van der Waals surface area contributed by atoms with E-state index < -0.39 is 0 Å². The molecule has 0 unspecified atom stereocenters. The van der Waals surface area contributed by atoms with Crippen molar-refractivity contribution in [3.63, 3.8) is 0 Å². The molecular formula is C18H23NO3. The van der Waals surface area contributed by atoms with Crippen LogP contribution in [0, 0.1) is 0 Å². The van der Waals surface area contributed by atoms with E-state index in [2.05, 4.69) is 0 Å². The van der Waals surface area contributed by atoms with E-state index >= 15 is 0 Å². The Morgan fingerprint density at radius 2 is 1.68 bits per heavy atom. The Hall–Kier alpha value is -1.97. The van der Waals surface area contributed by atoms with Crippen LogP contribution < -0.4 is 9.47 Å². The van der Waals surface area contributed by atoms with Crippen LogP contribution in [0.1, 0.15) is 37.7 Å². The van der Waals surface area contributed by atoms with Crippen molar-refractivity contribution >= 4 is 12.0 Å². The molecule has 4 nitrogen and oxygen atoms in total. The molecule has 1 saturated heterocycles. The van der Waals surface area contributed by atoms with Gasteiger partial charge in [0.05, 0.1) is 13.2 Å². The molecule has 2 aliphatic heterocycles. The van der Waals surface area contributed by atoms with Gasteiger partial charge >= 0.3 is 0 Å². The average molecular weight is 301 g/mol. The summed E-state index contributed by atoms with van der Waals surface area (Å²) in [4.78, 5) is 14.2. The van der Waals surface area contributed by atoms with Crippen molar-refractivity contribution in [1.29, 1.82) is 0 Å². The maximum absolute atomic E-state index is 12.3. The fraction of sp³-hybridized carbons (Fsp3) is 0.500. The molecule has 22 heavy (non-hydrogen) atoms. The van der Waals surface area contributed by atoms with Gasteiger partial charge in [0.1, 0.15) is 0 Å². The Kier molecular flexibility index (Phi) is 4.99. The molecule has 0 N–H and O–H groups in total. The summed E-state index contributed by atoms with van der Waals surface area (Å²) in [6.07, 6.45) is 9.12.